The standard InChI is InChI=1S/C15H15ClN2O2S/c16-13-5-1-2-7-15(13)21(19,20)18-9-8-12-11(10-18)4-3-6-14(12)17/h1-7H,8-10,17H2. The van der Waals surface area contributed by atoms with E-state index in [9.17, 15) is 8.42 Å². The first kappa shape index (κ1) is 14.4. The third-order valence-electron chi connectivity index (χ3n) is 3.72. The Labute approximate surface area is 129 Å². The van der Waals surface area contributed by atoms with Crippen molar-refractivity contribution in [1.29, 1.82) is 0 Å². The van der Waals surface area contributed by atoms with E-state index in [0.29, 0.717) is 19.5 Å². The smallest absolute Gasteiger partial charge is 0.244 e. The maximum absolute atomic E-state index is 12.7. The van der Waals surface area contributed by atoms with Gasteiger partial charge in [0.05, 0.1) is 5.02 Å². The highest BCUT2D eigenvalue weighted by Gasteiger charge is 2.30. The molecule has 4 nitrogen and oxygen atoms in total. The zero-order valence-electron chi connectivity index (χ0n) is 11.3. The number of nitrogens with zero attached hydrogens (tertiary/aromatic N) is 1. The molecular formula is C15H15ClN2O2S. The van der Waals surface area contributed by atoms with Crippen LogP contribution in [0.25, 0.3) is 0 Å². The molecule has 6 heteroatoms. The molecule has 1 aliphatic heterocycles. The molecule has 0 radical (unpaired) electrons. The van der Waals surface area contributed by atoms with Crippen molar-refractivity contribution in [2.45, 2.75) is 17.9 Å². The molecule has 2 aromatic rings. The van der Waals surface area contributed by atoms with Gasteiger partial charge in [0.15, 0.2) is 0 Å². The molecule has 1 aliphatic rings. The van der Waals surface area contributed by atoms with Gasteiger partial charge < -0.3 is 5.73 Å². The van der Waals surface area contributed by atoms with Crippen LogP contribution in [0.5, 0.6) is 0 Å². The van der Waals surface area contributed by atoms with Crippen molar-refractivity contribution < 1.29 is 8.42 Å². The lowest BCUT2D eigenvalue weighted by Gasteiger charge is -2.29. The average Bonchev–Trinajstić information content (AvgIpc) is 2.47. The third-order valence-corrected chi connectivity index (χ3v) is 6.07. The fourth-order valence-electron chi connectivity index (χ4n) is 2.61. The summed E-state index contributed by atoms with van der Waals surface area (Å²) in [5.41, 5.74) is 8.67. The molecule has 0 saturated heterocycles. The highest BCUT2D eigenvalue weighted by molar-refractivity contribution is 7.89. The van der Waals surface area contributed by atoms with Gasteiger partial charge in [0.1, 0.15) is 4.90 Å². The summed E-state index contributed by atoms with van der Waals surface area (Å²) in [5.74, 6) is 0. The zero-order chi connectivity index (χ0) is 15.0. The van der Waals surface area contributed by atoms with Crippen molar-refractivity contribution in [2.24, 2.45) is 0 Å². The zero-order valence-corrected chi connectivity index (χ0v) is 12.9. The van der Waals surface area contributed by atoms with E-state index in [2.05, 4.69) is 0 Å². The lowest BCUT2D eigenvalue weighted by atomic mass is 9.99. The summed E-state index contributed by atoms with van der Waals surface area (Å²) in [6, 6.07) is 12.1. The molecule has 0 amide bonds. The summed E-state index contributed by atoms with van der Waals surface area (Å²) in [4.78, 5) is 0.152. The molecule has 2 N–H and O–H groups in total. The number of sulfonamides is 1. The van der Waals surface area contributed by atoms with E-state index in [4.69, 9.17) is 17.3 Å². The van der Waals surface area contributed by atoms with E-state index in [1.54, 1.807) is 18.2 Å². The average molecular weight is 323 g/mol. The molecular weight excluding hydrogens is 308 g/mol. The second kappa shape index (κ2) is 5.33. The van der Waals surface area contributed by atoms with E-state index in [-0.39, 0.29) is 9.92 Å². The van der Waals surface area contributed by atoms with Gasteiger partial charge in [0.25, 0.3) is 0 Å². The minimum Gasteiger partial charge on any atom is -0.398 e. The summed E-state index contributed by atoms with van der Waals surface area (Å²) in [5, 5.41) is 0.246. The summed E-state index contributed by atoms with van der Waals surface area (Å²) < 4.78 is 26.9. The summed E-state index contributed by atoms with van der Waals surface area (Å²) >= 11 is 6.03. The van der Waals surface area contributed by atoms with E-state index in [0.717, 1.165) is 16.8 Å². The van der Waals surface area contributed by atoms with E-state index >= 15 is 0 Å². The van der Waals surface area contributed by atoms with Gasteiger partial charge in [-0.25, -0.2) is 8.42 Å². The van der Waals surface area contributed by atoms with Crippen LogP contribution in [-0.2, 0) is 23.0 Å². The van der Waals surface area contributed by atoms with Crippen LogP contribution in [0.15, 0.2) is 47.4 Å². The first-order valence-corrected chi connectivity index (χ1v) is 8.43. The molecule has 0 fully saturated rings. The molecule has 0 spiro atoms. The highest BCUT2D eigenvalue weighted by Crippen LogP contribution is 2.30. The predicted molar refractivity (Wildman–Crippen MR) is 83.6 cm³/mol. The number of nitrogen functional groups attached to an aromatic ring is 1. The van der Waals surface area contributed by atoms with Gasteiger partial charge in [-0.2, -0.15) is 4.31 Å². The predicted octanol–water partition coefficient (Wildman–Crippen LogP) is 2.67. The number of anilines is 1. The Morgan fingerprint density at radius 2 is 1.86 bits per heavy atom. The van der Waals surface area contributed by atoms with Crippen molar-refractivity contribution >= 4 is 27.3 Å². The number of hydrogen-bond acceptors (Lipinski definition) is 3. The second-order valence-electron chi connectivity index (χ2n) is 5.00. The van der Waals surface area contributed by atoms with E-state index in [1.165, 1.54) is 10.4 Å². The van der Waals surface area contributed by atoms with Gasteiger partial charge in [-0.3, -0.25) is 0 Å². The largest absolute Gasteiger partial charge is 0.398 e. The van der Waals surface area contributed by atoms with Gasteiger partial charge in [-0.05, 0) is 35.7 Å². The Kier molecular flexibility index (Phi) is 3.65. The number of nitrogens with two attached hydrogens (primary N) is 1. The number of fused-ring (bicyclic) bond motifs is 1. The van der Waals surface area contributed by atoms with E-state index < -0.39 is 10.0 Å². The lowest BCUT2D eigenvalue weighted by molar-refractivity contribution is 0.392. The summed E-state index contributed by atoms with van der Waals surface area (Å²) in [7, 11) is -3.59. The number of halogens is 1. The minimum absolute atomic E-state index is 0.152. The molecule has 0 saturated carbocycles. The number of hydrogen-bond donors (Lipinski definition) is 1. The van der Waals surface area contributed by atoms with Crippen LogP contribution >= 0.6 is 11.6 Å². The lowest BCUT2D eigenvalue weighted by Crippen LogP contribution is -2.36. The summed E-state index contributed by atoms with van der Waals surface area (Å²) in [6.45, 7) is 0.739. The molecule has 0 aromatic heterocycles. The van der Waals surface area contributed by atoms with Crippen molar-refractivity contribution in [3.05, 3.63) is 58.6 Å². The van der Waals surface area contributed by atoms with Gasteiger partial charge in [-0.1, -0.05) is 35.9 Å². The Bertz CT molecular complexity index is 790. The van der Waals surface area contributed by atoms with Crippen LogP contribution in [0, 0.1) is 0 Å². The molecule has 21 heavy (non-hydrogen) atoms. The Morgan fingerprint density at radius 3 is 2.62 bits per heavy atom. The van der Waals surface area contributed by atoms with Crippen LogP contribution < -0.4 is 5.73 Å². The third kappa shape index (κ3) is 2.52. The van der Waals surface area contributed by atoms with Gasteiger partial charge in [0.2, 0.25) is 10.0 Å². The molecule has 0 atom stereocenters. The Balaban J connectivity index is 1.98. The van der Waals surface area contributed by atoms with Crippen molar-refractivity contribution in [1.82, 2.24) is 4.31 Å². The topological polar surface area (TPSA) is 63.4 Å². The molecule has 2 aromatic carbocycles. The van der Waals surface area contributed by atoms with Gasteiger partial charge >= 0.3 is 0 Å². The normalized spacial score (nSPS) is 15.7. The fraction of sp³-hybridized carbons (Fsp3) is 0.200. The van der Waals surface area contributed by atoms with Crippen LogP contribution in [-0.4, -0.2) is 19.3 Å². The fourth-order valence-corrected chi connectivity index (χ4v) is 4.52. The Hall–Kier alpha value is -1.56. The van der Waals surface area contributed by atoms with Crippen molar-refractivity contribution in [3.63, 3.8) is 0 Å². The van der Waals surface area contributed by atoms with E-state index in [1.807, 2.05) is 18.2 Å². The highest BCUT2D eigenvalue weighted by atomic mass is 35.5. The number of benzene rings is 2. The first-order chi connectivity index (χ1) is 10.00. The van der Waals surface area contributed by atoms with Crippen LogP contribution in [0.2, 0.25) is 5.02 Å². The minimum atomic E-state index is -3.59. The molecule has 3 rings (SSSR count). The maximum Gasteiger partial charge on any atom is 0.244 e. The molecule has 110 valence electrons. The maximum atomic E-state index is 12.7. The molecule has 0 bridgehead atoms. The monoisotopic (exact) mass is 322 g/mol. The van der Waals surface area contributed by atoms with Crippen LogP contribution in [0.3, 0.4) is 0 Å². The molecule has 0 unspecified atom stereocenters. The number of rotatable bonds is 2. The van der Waals surface area contributed by atoms with Gasteiger partial charge in [0, 0.05) is 18.8 Å². The quantitative estimate of drug-likeness (QED) is 0.865. The Morgan fingerprint density at radius 1 is 1.10 bits per heavy atom. The van der Waals surface area contributed by atoms with Crippen molar-refractivity contribution in [2.75, 3.05) is 12.3 Å². The summed E-state index contributed by atoms with van der Waals surface area (Å²) in [6.07, 6.45) is 0.617. The first-order valence-electron chi connectivity index (χ1n) is 6.61. The van der Waals surface area contributed by atoms with Gasteiger partial charge in [-0.15, -0.1) is 0 Å². The molecule has 1 heterocycles. The van der Waals surface area contributed by atoms with Crippen LogP contribution in [0.1, 0.15) is 11.1 Å². The second-order valence-corrected chi connectivity index (χ2v) is 7.32. The molecule has 0 aliphatic carbocycles. The van der Waals surface area contributed by atoms with Crippen LogP contribution in [0.4, 0.5) is 5.69 Å². The SMILES string of the molecule is Nc1cccc2c1CCN(S(=O)(=O)c1ccccc1Cl)C2. The van der Waals surface area contributed by atoms with Crippen molar-refractivity contribution in [3.8, 4) is 0 Å².